The molecule has 112 valence electrons. The minimum Gasteiger partial charge on any atom is -0.379 e. The van der Waals surface area contributed by atoms with Gasteiger partial charge >= 0.3 is 0 Å². The Bertz CT molecular complexity index is 609. The Balaban J connectivity index is 2.64. The van der Waals surface area contributed by atoms with Gasteiger partial charge in [0.25, 0.3) is 5.69 Å². The summed E-state index contributed by atoms with van der Waals surface area (Å²) >= 11 is 1.68. The second-order valence-electron chi connectivity index (χ2n) is 3.99. The van der Waals surface area contributed by atoms with Gasteiger partial charge in [0.05, 0.1) is 14.7 Å². The van der Waals surface area contributed by atoms with Crippen molar-refractivity contribution in [3.63, 3.8) is 0 Å². The van der Waals surface area contributed by atoms with E-state index in [0.717, 1.165) is 18.4 Å². The molecule has 1 rings (SSSR count). The molecule has 0 fully saturated rings. The molecule has 0 bridgehead atoms. The molecule has 0 heterocycles. The van der Waals surface area contributed by atoms with Crippen molar-refractivity contribution in [2.45, 2.75) is 6.42 Å². The van der Waals surface area contributed by atoms with Crippen molar-refractivity contribution in [1.82, 2.24) is 4.72 Å². The summed E-state index contributed by atoms with van der Waals surface area (Å²) in [4.78, 5) is 10.3. The van der Waals surface area contributed by atoms with Gasteiger partial charge < -0.3 is 5.32 Å². The maximum absolute atomic E-state index is 13.4. The Hall–Kier alpha value is -1.01. The average molecular weight is 417 g/mol. The van der Waals surface area contributed by atoms with Gasteiger partial charge in [-0.05, 0) is 29.0 Å². The second kappa shape index (κ2) is 7.13. The first-order valence-electron chi connectivity index (χ1n) is 5.52. The molecule has 0 atom stereocenters. The molecule has 1 aromatic carbocycles. The number of nitro groups is 1. The molecular formula is C10H13FIN3O4S. The highest BCUT2D eigenvalue weighted by Gasteiger charge is 2.17. The van der Waals surface area contributed by atoms with Gasteiger partial charge in [-0.3, -0.25) is 10.1 Å². The van der Waals surface area contributed by atoms with Crippen LogP contribution >= 0.6 is 22.6 Å². The van der Waals surface area contributed by atoms with E-state index in [2.05, 4.69) is 10.0 Å². The highest BCUT2D eigenvalue weighted by Crippen LogP contribution is 2.28. The molecule has 1 aromatic rings. The van der Waals surface area contributed by atoms with E-state index in [9.17, 15) is 22.9 Å². The van der Waals surface area contributed by atoms with Crippen molar-refractivity contribution in [3.05, 3.63) is 31.6 Å². The van der Waals surface area contributed by atoms with E-state index in [4.69, 9.17) is 0 Å². The van der Waals surface area contributed by atoms with Crippen LogP contribution in [0.5, 0.6) is 0 Å². The summed E-state index contributed by atoms with van der Waals surface area (Å²) in [5, 5.41) is 13.6. The molecule has 0 unspecified atom stereocenters. The van der Waals surface area contributed by atoms with Crippen LogP contribution in [0, 0.1) is 19.5 Å². The average Bonchev–Trinajstić information content (AvgIpc) is 2.31. The van der Waals surface area contributed by atoms with Crippen LogP contribution in [0.2, 0.25) is 0 Å². The molecule has 0 aliphatic rings. The molecule has 20 heavy (non-hydrogen) atoms. The number of anilines is 1. The zero-order valence-corrected chi connectivity index (χ0v) is 13.5. The Morgan fingerprint density at radius 1 is 1.40 bits per heavy atom. The third-order valence-corrected chi connectivity index (χ3v) is 3.82. The predicted octanol–water partition coefficient (Wildman–Crippen LogP) is 1.69. The molecule has 0 spiro atoms. The summed E-state index contributed by atoms with van der Waals surface area (Å²) < 4.78 is 37.5. The summed E-state index contributed by atoms with van der Waals surface area (Å²) in [6.45, 7) is 0.482. The Morgan fingerprint density at radius 2 is 2.05 bits per heavy atom. The lowest BCUT2D eigenvalue weighted by Crippen LogP contribution is -2.24. The first kappa shape index (κ1) is 17.0. The van der Waals surface area contributed by atoms with E-state index in [1.165, 1.54) is 0 Å². The summed E-state index contributed by atoms with van der Waals surface area (Å²) in [5.41, 5.74) is -0.140. The summed E-state index contributed by atoms with van der Waals surface area (Å²) in [6, 6.07) is 2.21. The fourth-order valence-corrected chi connectivity index (χ4v) is 2.36. The Morgan fingerprint density at radius 3 is 2.60 bits per heavy atom. The van der Waals surface area contributed by atoms with E-state index < -0.39 is 20.8 Å². The molecule has 0 saturated heterocycles. The third kappa shape index (κ3) is 5.54. The SMILES string of the molecule is CS(=O)(=O)NCCCNc1cc(F)c(I)cc1[N+](=O)[O-]. The standard InChI is InChI=1S/C10H13FIN3O4S/c1-20(18,19)14-4-2-3-13-9-5-7(11)8(12)6-10(9)15(16)17/h5-6,13-14H,2-4H2,1H3. The van der Waals surface area contributed by atoms with Crippen LogP contribution in [-0.2, 0) is 10.0 Å². The highest BCUT2D eigenvalue weighted by molar-refractivity contribution is 14.1. The number of rotatable bonds is 7. The highest BCUT2D eigenvalue weighted by atomic mass is 127. The van der Waals surface area contributed by atoms with E-state index >= 15 is 0 Å². The molecule has 2 N–H and O–H groups in total. The fraction of sp³-hybridized carbons (Fsp3) is 0.400. The molecule has 0 aliphatic heterocycles. The van der Waals surface area contributed by atoms with Gasteiger partial charge in [-0.25, -0.2) is 17.5 Å². The number of sulfonamides is 1. The van der Waals surface area contributed by atoms with Crippen LogP contribution in [0.15, 0.2) is 12.1 Å². The zero-order chi connectivity index (χ0) is 15.3. The zero-order valence-electron chi connectivity index (χ0n) is 10.5. The number of nitrogens with zero attached hydrogens (tertiary/aromatic N) is 1. The van der Waals surface area contributed by atoms with Crippen molar-refractivity contribution >= 4 is 44.0 Å². The maximum Gasteiger partial charge on any atom is 0.293 e. The van der Waals surface area contributed by atoms with E-state index in [0.29, 0.717) is 6.42 Å². The first-order chi connectivity index (χ1) is 9.20. The van der Waals surface area contributed by atoms with Crippen LogP contribution in [0.3, 0.4) is 0 Å². The van der Waals surface area contributed by atoms with Crippen LogP contribution in [0.1, 0.15) is 6.42 Å². The number of nitro benzene ring substituents is 1. The Labute approximate surface area is 129 Å². The Kier molecular flexibility index (Phi) is 6.07. The van der Waals surface area contributed by atoms with E-state index in [1.807, 2.05) is 0 Å². The lowest BCUT2D eigenvalue weighted by Gasteiger charge is -2.08. The molecule has 10 heteroatoms. The minimum absolute atomic E-state index is 0.0762. The minimum atomic E-state index is -3.25. The summed E-state index contributed by atoms with van der Waals surface area (Å²) in [7, 11) is -3.25. The first-order valence-corrected chi connectivity index (χ1v) is 8.49. The van der Waals surface area contributed by atoms with Gasteiger partial charge in [-0.1, -0.05) is 0 Å². The second-order valence-corrected chi connectivity index (χ2v) is 6.98. The molecular weight excluding hydrogens is 404 g/mol. The quantitative estimate of drug-likeness (QED) is 0.304. The number of hydrogen-bond donors (Lipinski definition) is 2. The van der Waals surface area contributed by atoms with Crippen LogP contribution in [0.4, 0.5) is 15.8 Å². The van der Waals surface area contributed by atoms with Crippen LogP contribution in [0.25, 0.3) is 0 Å². The normalized spacial score (nSPS) is 11.3. The van der Waals surface area contributed by atoms with Crippen molar-refractivity contribution < 1.29 is 17.7 Å². The number of nitrogens with one attached hydrogen (secondary N) is 2. The molecule has 0 aromatic heterocycles. The molecule has 0 amide bonds. The van der Waals surface area contributed by atoms with Gasteiger partial charge in [0, 0.05) is 25.2 Å². The summed E-state index contributed by atoms with van der Waals surface area (Å²) in [6.07, 6.45) is 1.46. The van der Waals surface area contributed by atoms with Crippen LogP contribution in [-0.4, -0.2) is 32.7 Å². The van der Waals surface area contributed by atoms with E-state index in [-0.39, 0.29) is 28.0 Å². The fourth-order valence-electron chi connectivity index (χ4n) is 1.40. The topological polar surface area (TPSA) is 101 Å². The van der Waals surface area contributed by atoms with Gasteiger partial charge in [0.15, 0.2) is 0 Å². The van der Waals surface area contributed by atoms with Crippen molar-refractivity contribution in [1.29, 1.82) is 0 Å². The van der Waals surface area contributed by atoms with Crippen molar-refractivity contribution in [2.24, 2.45) is 0 Å². The predicted molar refractivity (Wildman–Crippen MR) is 81.7 cm³/mol. The monoisotopic (exact) mass is 417 g/mol. The number of halogens is 2. The summed E-state index contributed by atoms with van der Waals surface area (Å²) in [5.74, 6) is -0.548. The van der Waals surface area contributed by atoms with Gasteiger partial charge in [0.2, 0.25) is 10.0 Å². The molecule has 0 radical (unpaired) electrons. The third-order valence-electron chi connectivity index (χ3n) is 2.27. The maximum atomic E-state index is 13.4. The van der Waals surface area contributed by atoms with Gasteiger partial charge in [0.1, 0.15) is 11.5 Å². The van der Waals surface area contributed by atoms with Gasteiger partial charge in [-0.2, -0.15) is 0 Å². The molecule has 7 nitrogen and oxygen atoms in total. The van der Waals surface area contributed by atoms with Crippen molar-refractivity contribution in [2.75, 3.05) is 24.7 Å². The van der Waals surface area contributed by atoms with Crippen LogP contribution < -0.4 is 10.0 Å². The lowest BCUT2D eigenvalue weighted by molar-refractivity contribution is -0.384. The van der Waals surface area contributed by atoms with Gasteiger partial charge in [-0.15, -0.1) is 0 Å². The van der Waals surface area contributed by atoms with E-state index in [1.54, 1.807) is 22.6 Å². The molecule has 0 saturated carbocycles. The van der Waals surface area contributed by atoms with Crippen molar-refractivity contribution in [3.8, 4) is 0 Å². The lowest BCUT2D eigenvalue weighted by atomic mass is 10.2. The largest absolute Gasteiger partial charge is 0.379 e. The number of benzene rings is 1. The molecule has 0 aliphatic carbocycles. The number of hydrogen-bond acceptors (Lipinski definition) is 5. The smallest absolute Gasteiger partial charge is 0.293 e.